The molecular weight excluding hydrogens is 268 g/mol. The zero-order valence-corrected chi connectivity index (χ0v) is 12.0. The minimum absolute atomic E-state index is 0.0199. The van der Waals surface area contributed by atoms with E-state index in [1.807, 2.05) is 17.0 Å². The molecule has 0 aliphatic carbocycles. The fourth-order valence-corrected chi connectivity index (χ4v) is 2.81. The number of piperidine rings is 1. The van der Waals surface area contributed by atoms with Gasteiger partial charge in [-0.2, -0.15) is 5.10 Å². The van der Waals surface area contributed by atoms with E-state index in [-0.39, 0.29) is 11.9 Å². The Morgan fingerprint density at radius 3 is 3.00 bits per heavy atom. The molecule has 1 fully saturated rings. The molecule has 1 amide bonds. The molecule has 1 aromatic heterocycles. The number of methoxy groups -OCH3 is 1. The van der Waals surface area contributed by atoms with Crippen LogP contribution in [0.25, 0.3) is 0 Å². The van der Waals surface area contributed by atoms with Gasteiger partial charge in [-0.15, -0.1) is 0 Å². The summed E-state index contributed by atoms with van der Waals surface area (Å²) in [5, 5.41) is 6.78. The molecule has 3 rings (SSSR count). The number of nitrogens with one attached hydrogen (secondary N) is 1. The molecule has 1 saturated heterocycles. The summed E-state index contributed by atoms with van der Waals surface area (Å²) >= 11 is 0. The van der Waals surface area contributed by atoms with Gasteiger partial charge in [0, 0.05) is 6.54 Å². The van der Waals surface area contributed by atoms with Gasteiger partial charge < -0.3 is 9.64 Å². The van der Waals surface area contributed by atoms with Crippen molar-refractivity contribution in [3.05, 3.63) is 42.0 Å². The van der Waals surface area contributed by atoms with Crippen molar-refractivity contribution in [2.45, 2.75) is 25.3 Å². The summed E-state index contributed by atoms with van der Waals surface area (Å²) in [6.45, 7) is 0.724. The van der Waals surface area contributed by atoms with E-state index < -0.39 is 0 Å². The summed E-state index contributed by atoms with van der Waals surface area (Å²) in [5.41, 5.74) is 0.589. The number of likely N-dealkylation sites (tertiary alicyclic amines) is 1. The maximum Gasteiger partial charge on any atom is 0.258 e. The average molecular weight is 286 g/mol. The molecule has 1 aromatic carbocycles. The van der Waals surface area contributed by atoms with Crippen LogP contribution in [0.3, 0.4) is 0 Å². The summed E-state index contributed by atoms with van der Waals surface area (Å²) in [6.07, 6.45) is 4.47. The van der Waals surface area contributed by atoms with Crippen molar-refractivity contribution in [2.24, 2.45) is 0 Å². The molecule has 6 nitrogen and oxygen atoms in total. The number of carbonyl (C=O) groups is 1. The quantitative estimate of drug-likeness (QED) is 0.938. The molecule has 0 unspecified atom stereocenters. The molecule has 2 aromatic rings. The number of aromatic nitrogens is 3. The smallest absolute Gasteiger partial charge is 0.258 e. The fourth-order valence-electron chi connectivity index (χ4n) is 2.81. The lowest BCUT2D eigenvalue weighted by Crippen LogP contribution is -2.39. The van der Waals surface area contributed by atoms with Crippen molar-refractivity contribution >= 4 is 5.91 Å². The molecular formula is C15H18N4O2. The summed E-state index contributed by atoms with van der Waals surface area (Å²) in [6, 6.07) is 7.27. The van der Waals surface area contributed by atoms with Crippen LogP contribution in [0, 0.1) is 0 Å². The van der Waals surface area contributed by atoms with Crippen molar-refractivity contribution in [3.8, 4) is 5.75 Å². The summed E-state index contributed by atoms with van der Waals surface area (Å²) in [4.78, 5) is 18.9. The Hall–Kier alpha value is -2.37. The van der Waals surface area contributed by atoms with Crippen LogP contribution in [0.1, 0.15) is 41.5 Å². The Labute approximate surface area is 123 Å². The third kappa shape index (κ3) is 2.61. The highest BCUT2D eigenvalue weighted by molar-refractivity contribution is 5.97. The monoisotopic (exact) mass is 286 g/mol. The van der Waals surface area contributed by atoms with Crippen molar-refractivity contribution < 1.29 is 9.53 Å². The predicted molar refractivity (Wildman–Crippen MR) is 77.0 cm³/mol. The first-order chi connectivity index (χ1) is 10.3. The predicted octanol–water partition coefficient (Wildman–Crippen LogP) is 2.18. The molecule has 21 heavy (non-hydrogen) atoms. The molecule has 0 bridgehead atoms. The first-order valence-electron chi connectivity index (χ1n) is 7.10. The van der Waals surface area contributed by atoms with Crippen molar-refractivity contribution in [1.29, 1.82) is 0 Å². The lowest BCUT2D eigenvalue weighted by molar-refractivity contribution is 0.0597. The number of H-pyrrole nitrogens is 1. The number of para-hydroxylation sites is 1. The van der Waals surface area contributed by atoms with E-state index >= 15 is 0 Å². The highest BCUT2D eigenvalue weighted by Crippen LogP contribution is 2.31. The lowest BCUT2D eigenvalue weighted by atomic mass is 10.00. The first-order valence-corrected chi connectivity index (χ1v) is 7.10. The van der Waals surface area contributed by atoms with Crippen molar-refractivity contribution in [3.63, 3.8) is 0 Å². The van der Waals surface area contributed by atoms with E-state index in [1.165, 1.54) is 6.33 Å². The number of aromatic amines is 1. The first kappa shape index (κ1) is 13.6. The maximum absolute atomic E-state index is 12.9. The lowest BCUT2D eigenvalue weighted by Gasteiger charge is -2.34. The summed E-state index contributed by atoms with van der Waals surface area (Å²) in [7, 11) is 1.58. The average Bonchev–Trinajstić information content (AvgIpc) is 3.08. The number of carbonyl (C=O) groups excluding carboxylic acids is 1. The van der Waals surface area contributed by atoms with Gasteiger partial charge in [0.1, 0.15) is 17.9 Å². The second-order valence-electron chi connectivity index (χ2n) is 5.08. The number of nitrogens with zero attached hydrogens (tertiary/aromatic N) is 3. The number of hydrogen-bond donors (Lipinski definition) is 1. The van der Waals surface area contributed by atoms with Gasteiger partial charge in [0.25, 0.3) is 5.91 Å². The third-order valence-electron chi connectivity index (χ3n) is 3.85. The van der Waals surface area contributed by atoms with E-state index in [1.54, 1.807) is 19.2 Å². The van der Waals surface area contributed by atoms with Crippen LogP contribution in [-0.2, 0) is 0 Å². The molecule has 6 heteroatoms. The highest BCUT2D eigenvalue weighted by atomic mass is 16.5. The molecule has 0 spiro atoms. The molecule has 1 aliphatic heterocycles. The highest BCUT2D eigenvalue weighted by Gasteiger charge is 2.31. The Morgan fingerprint density at radius 1 is 1.38 bits per heavy atom. The Morgan fingerprint density at radius 2 is 2.24 bits per heavy atom. The number of rotatable bonds is 3. The van der Waals surface area contributed by atoms with Crippen molar-refractivity contribution in [1.82, 2.24) is 20.1 Å². The maximum atomic E-state index is 12.9. The number of hydrogen-bond acceptors (Lipinski definition) is 4. The second-order valence-corrected chi connectivity index (χ2v) is 5.08. The van der Waals surface area contributed by atoms with Crippen molar-refractivity contribution in [2.75, 3.05) is 13.7 Å². The van der Waals surface area contributed by atoms with Crippen LogP contribution in [0.5, 0.6) is 5.75 Å². The largest absolute Gasteiger partial charge is 0.496 e. The van der Waals surface area contributed by atoms with Crippen LogP contribution in [0.4, 0.5) is 0 Å². The third-order valence-corrected chi connectivity index (χ3v) is 3.85. The second kappa shape index (κ2) is 5.95. The SMILES string of the molecule is COc1ccccc1C(=O)N1CCCC[C@H]1c1ncn[nH]1. The molecule has 1 N–H and O–H groups in total. The van der Waals surface area contributed by atoms with Crippen LogP contribution >= 0.6 is 0 Å². The van der Waals surface area contributed by atoms with E-state index in [0.29, 0.717) is 11.3 Å². The van der Waals surface area contributed by atoms with Crippen LogP contribution < -0.4 is 4.74 Å². The fraction of sp³-hybridized carbons (Fsp3) is 0.400. The van der Waals surface area contributed by atoms with Gasteiger partial charge in [0.15, 0.2) is 0 Å². The Balaban J connectivity index is 1.91. The van der Waals surface area contributed by atoms with Gasteiger partial charge in [0.2, 0.25) is 0 Å². The van der Waals surface area contributed by atoms with Gasteiger partial charge in [-0.25, -0.2) is 4.98 Å². The van der Waals surface area contributed by atoms with E-state index in [0.717, 1.165) is 31.6 Å². The molecule has 1 atom stereocenters. The van der Waals surface area contributed by atoms with Crippen LogP contribution in [-0.4, -0.2) is 39.6 Å². The Bertz CT molecular complexity index is 612. The zero-order valence-electron chi connectivity index (χ0n) is 12.0. The molecule has 110 valence electrons. The summed E-state index contributed by atoms with van der Waals surface area (Å²) < 4.78 is 5.30. The van der Waals surface area contributed by atoms with Gasteiger partial charge in [0.05, 0.1) is 18.7 Å². The zero-order chi connectivity index (χ0) is 14.7. The van der Waals surface area contributed by atoms with Gasteiger partial charge in [-0.3, -0.25) is 9.89 Å². The topological polar surface area (TPSA) is 71.1 Å². The minimum atomic E-state index is -0.0429. The number of amides is 1. The normalized spacial score (nSPS) is 18.5. The van der Waals surface area contributed by atoms with Gasteiger partial charge in [-0.05, 0) is 31.4 Å². The van der Waals surface area contributed by atoms with Gasteiger partial charge >= 0.3 is 0 Å². The minimum Gasteiger partial charge on any atom is -0.496 e. The molecule has 0 saturated carbocycles. The van der Waals surface area contributed by atoms with Crippen LogP contribution in [0.15, 0.2) is 30.6 Å². The Kier molecular flexibility index (Phi) is 3.85. The summed E-state index contributed by atoms with van der Waals surface area (Å²) in [5.74, 6) is 1.33. The van der Waals surface area contributed by atoms with Gasteiger partial charge in [-0.1, -0.05) is 12.1 Å². The molecule has 2 heterocycles. The van der Waals surface area contributed by atoms with E-state index in [9.17, 15) is 4.79 Å². The number of benzene rings is 1. The molecule has 1 aliphatic rings. The standard InChI is InChI=1S/C15H18N4O2/c1-21-13-8-3-2-6-11(13)15(20)19-9-5-4-7-12(19)14-16-10-17-18-14/h2-3,6,8,10,12H,4-5,7,9H2,1H3,(H,16,17,18)/t12-/m0/s1. The molecule has 0 radical (unpaired) electrons. The van der Waals surface area contributed by atoms with E-state index in [4.69, 9.17) is 4.74 Å². The van der Waals surface area contributed by atoms with Crippen LogP contribution in [0.2, 0.25) is 0 Å². The number of ether oxygens (including phenoxy) is 1. The van der Waals surface area contributed by atoms with E-state index in [2.05, 4.69) is 15.2 Å².